The van der Waals surface area contributed by atoms with Crippen LogP contribution in [0.1, 0.15) is 29.8 Å². The highest BCUT2D eigenvalue weighted by molar-refractivity contribution is 9.10. The van der Waals surface area contributed by atoms with Crippen LogP contribution in [-0.4, -0.2) is 10.6 Å². The van der Waals surface area contributed by atoms with Crippen LogP contribution in [0.25, 0.3) is 0 Å². The summed E-state index contributed by atoms with van der Waals surface area (Å²) in [5.41, 5.74) is 1.66. The second-order valence-corrected chi connectivity index (χ2v) is 4.89. The minimum atomic E-state index is -0.187. The van der Waals surface area contributed by atoms with Crippen LogP contribution in [0.3, 0.4) is 0 Å². The van der Waals surface area contributed by atoms with Crippen molar-refractivity contribution in [3.8, 4) is 0 Å². The number of aryl methyl sites for hydroxylation is 1. The highest BCUT2D eigenvalue weighted by Gasteiger charge is 2.18. The van der Waals surface area contributed by atoms with Crippen molar-refractivity contribution >= 4 is 33.3 Å². The van der Waals surface area contributed by atoms with E-state index < -0.39 is 0 Å². The summed E-state index contributed by atoms with van der Waals surface area (Å²) >= 11 is 9.27. The van der Waals surface area contributed by atoms with Gasteiger partial charge < -0.3 is 0 Å². The molecule has 1 atom stereocenters. The Morgan fingerprint density at radius 2 is 2.21 bits per heavy atom. The summed E-state index contributed by atoms with van der Waals surface area (Å²) < 4.78 is 0. The minimum Gasteiger partial charge on any atom is -0.293 e. The van der Waals surface area contributed by atoms with E-state index in [1.807, 2.05) is 26.0 Å². The predicted molar refractivity (Wildman–Crippen MR) is 63.5 cm³/mol. The quantitative estimate of drug-likeness (QED) is 0.604. The number of halogens is 2. The molecule has 14 heavy (non-hydrogen) atoms. The summed E-state index contributed by atoms with van der Waals surface area (Å²) in [4.78, 5) is 11.6. The molecule has 3 heteroatoms. The van der Waals surface area contributed by atoms with Gasteiger partial charge in [0.2, 0.25) is 0 Å². The van der Waals surface area contributed by atoms with Crippen LogP contribution < -0.4 is 0 Å². The van der Waals surface area contributed by atoms with E-state index >= 15 is 0 Å². The van der Waals surface area contributed by atoms with Gasteiger partial charge in [-0.25, -0.2) is 0 Å². The molecule has 0 aliphatic carbocycles. The Morgan fingerprint density at radius 3 is 2.71 bits per heavy atom. The predicted octanol–water partition coefficient (Wildman–Crippen LogP) is 3.87. The Balaban J connectivity index is 3.23. The van der Waals surface area contributed by atoms with Gasteiger partial charge in [-0.2, -0.15) is 0 Å². The average molecular weight is 276 g/mol. The van der Waals surface area contributed by atoms with Gasteiger partial charge in [-0.15, -0.1) is 0 Å². The molecule has 0 N–H and O–H groups in total. The first-order valence-corrected chi connectivity index (χ1v) is 5.83. The Bertz CT molecular complexity index is 347. The number of hydrogen-bond donors (Lipinski definition) is 0. The smallest absolute Gasteiger partial charge is 0.177 e. The molecule has 1 unspecified atom stereocenters. The van der Waals surface area contributed by atoms with Crippen LogP contribution >= 0.6 is 27.5 Å². The lowest BCUT2D eigenvalue weighted by molar-refractivity contribution is 0.0995. The number of hydrogen-bond acceptors (Lipinski definition) is 1. The molecule has 1 aromatic rings. The van der Waals surface area contributed by atoms with Crippen molar-refractivity contribution in [2.45, 2.75) is 25.1 Å². The molecule has 0 aromatic heterocycles. The van der Waals surface area contributed by atoms with Crippen molar-refractivity contribution in [3.63, 3.8) is 0 Å². The fourth-order valence-electron chi connectivity index (χ4n) is 1.34. The van der Waals surface area contributed by atoms with Gasteiger partial charge in [0.1, 0.15) is 0 Å². The van der Waals surface area contributed by atoms with Gasteiger partial charge in [-0.05, 0) is 25.0 Å². The lowest BCUT2D eigenvalue weighted by Crippen LogP contribution is -2.13. The van der Waals surface area contributed by atoms with E-state index in [4.69, 9.17) is 11.6 Å². The summed E-state index contributed by atoms with van der Waals surface area (Å²) in [6.45, 7) is 3.83. The van der Waals surface area contributed by atoms with Crippen LogP contribution in [0, 0.1) is 0 Å². The maximum absolute atomic E-state index is 11.8. The van der Waals surface area contributed by atoms with Gasteiger partial charge in [0.05, 0.1) is 9.85 Å². The van der Waals surface area contributed by atoms with Crippen molar-refractivity contribution in [2.75, 3.05) is 0 Å². The zero-order valence-corrected chi connectivity index (χ0v) is 10.5. The van der Waals surface area contributed by atoms with Gasteiger partial charge >= 0.3 is 0 Å². The van der Waals surface area contributed by atoms with Crippen LogP contribution in [0.15, 0.2) is 18.2 Å². The number of Topliss-reactive ketones (excluding diaryl/α,β-unsaturated/α-hetero) is 1. The monoisotopic (exact) mass is 274 g/mol. The van der Waals surface area contributed by atoms with Gasteiger partial charge in [0.15, 0.2) is 5.78 Å². The van der Waals surface area contributed by atoms with Crippen molar-refractivity contribution in [1.82, 2.24) is 0 Å². The molecule has 0 fully saturated rings. The van der Waals surface area contributed by atoms with E-state index in [0.29, 0.717) is 10.6 Å². The van der Waals surface area contributed by atoms with E-state index in [0.717, 1.165) is 12.0 Å². The van der Waals surface area contributed by atoms with Crippen LogP contribution in [-0.2, 0) is 6.42 Å². The fraction of sp³-hybridized carbons (Fsp3) is 0.364. The van der Waals surface area contributed by atoms with E-state index in [-0.39, 0.29) is 10.6 Å². The van der Waals surface area contributed by atoms with Gasteiger partial charge in [0.25, 0.3) is 0 Å². The summed E-state index contributed by atoms with van der Waals surface area (Å²) in [6.07, 6.45) is 0.821. The van der Waals surface area contributed by atoms with Gasteiger partial charge in [0, 0.05) is 5.56 Å². The lowest BCUT2D eigenvalue weighted by Gasteiger charge is -2.10. The van der Waals surface area contributed by atoms with E-state index in [9.17, 15) is 4.79 Å². The number of ketones is 1. The third-order valence-corrected chi connectivity index (χ3v) is 2.82. The highest BCUT2D eigenvalue weighted by atomic mass is 79.9. The molecular formula is C11H12BrClO. The Labute approximate surface area is 97.6 Å². The topological polar surface area (TPSA) is 17.1 Å². The number of alkyl halides is 1. The average Bonchev–Trinajstić information content (AvgIpc) is 2.16. The molecule has 0 amide bonds. The Hall–Kier alpha value is -0.340. The second-order valence-electron chi connectivity index (χ2n) is 3.11. The zero-order chi connectivity index (χ0) is 10.7. The normalized spacial score (nSPS) is 12.6. The molecule has 0 saturated heterocycles. The van der Waals surface area contributed by atoms with Crippen LogP contribution in [0.5, 0.6) is 0 Å². The Kier molecular flexibility index (Phi) is 4.14. The first-order chi connectivity index (χ1) is 6.57. The fourth-order valence-corrected chi connectivity index (χ4v) is 1.85. The molecule has 0 spiro atoms. The summed E-state index contributed by atoms with van der Waals surface area (Å²) in [5, 5.41) is 0.542. The minimum absolute atomic E-state index is 0.0486. The number of benzene rings is 1. The first-order valence-electron chi connectivity index (χ1n) is 4.53. The zero-order valence-electron chi connectivity index (χ0n) is 8.18. The molecule has 1 nitrogen and oxygen atoms in total. The largest absolute Gasteiger partial charge is 0.293 e. The first kappa shape index (κ1) is 11.7. The van der Waals surface area contributed by atoms with Crippen LogP contribution in [0.2, 0.25) is 5.02 Å². The highest BCUT2D eigenvalue weighted by Crippen LogP contribution is 2.23. The van der Waals surface area contributed by atoms with E-state index in [1.54, 1.807) is 6.07 Å². The molecule has 0 saturated carbocycles. The van der Waals surface area contributed by atoms with E-state index in [2.05, 4.69) is 15.9 Å². The van der Waals surface area contributed by atoms with Crippen molar-refractivity contribution < 1.29 is 4.79 Å². The van der Waals surface area contributed by atoms with Crippen LogP contribution in [0.4, 0.5) is 0 Å². The number of carbonyl (C=O) groups is 1. The SMILES string of the molecule is CCc1cccc(Cl)c1C(=O)C(C)Br. The maximum Gasteiger partial charge on any atom is 0.177 e. The maximum atomic E-state index is 11.8. The van der Waals surface area contributed by atoms with Crippen molar-refractivity contribution in [3.05, 3.63) is 34.3 Å². The van der Waals surface area contributed by atoms with Crippen molar-refractivity contribution in [2.24, 2.45) is 0 Å². The molecule has 0 aliphatic heterocycles. The molecule has 1 rings (SSSR count). The Morgan fingerprint density at radius 1 is 1.57 bits per heavy atom. The number of carbonyl (C=O) groups excluding carboxylic acids is 1. The summed E-state index contributed by atoms with van der Waals surface area (Å²) in [7, 11) is 0. The third-order valence-electron chi connectivity index (χ3n) is 2.09. The summed E-state index contributed by atoms with van der Waals surface area (Å²) in [6, 6.07) is 5.56. The molecule has 0 heterocycles. The standard InChI is InChI=1S/C11H12BrClO/c1-3-8-5-4-6-9(13)10(8)11(14)7(2)12/h4-7H,3H2,1-2H3. The summed E-state index contributed by atoms with van der Waals surface area (Å²) in [5.74, 6) is 0.0486. The molecule has 0 bridgehead atoms. The molecule has 1 aromatic carbocycles. The molecule has 76 valence electrons. The molecular weight excluding hydrogens is 263 g/mol. The lowest BCUT2D eigenvalue weighted by atomic mass is 10.0. The third kappa shape index (κ3) is 2.37. The molecule has 0 radical (unpaired) electrons. The van der Waals surface area contributed by atoms with Crippen molar-refractivity contribution in [1.29, 1.82) is 0 Å². The number of rotatable bonds is 3. The molecule has 0 aliphatic rings. The second kappa shape index (κ2) is 4.94. The van der Waals surface area contributed by atoms with E-state index in [1.165, 1.54) is 0 Å². The van der Waals surface area contributed by atoms with Gasteiger partial charge in [-0.3, -0.25) is 4.79 Å². The van der Waals surface area contributed by atoms with Gasteiger partial charge in [-0.1, -0.05) is 46.6 Å².